The molecule has 170 valence electrons. The minimum Gasteiger partial charge on any atom is -0.491 e. The number of aromatic nitrogens is 7. The maximum atomic E-state index is 11.8. The van der Waals surface area contributed by atoms with E-state index in [1.807, 2.05) is 35.3 Å². The Morgan fingerprint density at radius 2 is 1.97 bits per heavy atom. The lowest BCUT2D eigenvalue weighted by molar-refractivity contribution is -0.125. The number of hydrogen-bond donors (Lipinski definition) is 1. The summed E-state index contributed by atoms with van der Waals surface area (Å²) >= 11 is 0. The number of imidazole rings is 1. The smallest absolute Gasteiger partial charge is 0.244 e. The van der Waals surface area contributed by atoms with Crippen molar-refractivity contribution in [1.29, 1.82) is 0 Å². The number of hydrogen-bond acceptors (Lipinski definition) is 6. The van der Waals surface area contributed by atoms with Crippen molar-refractivity contribution in [2.75, 3.05) is 6.61 Å². The number of carbonyl (C=O) groups is 1. The summed E-state index contributed by atoms with van der Waals surface area (Å²) in [6, 6.07) is 6.17. The number of ether oxygens (including phenoxy) is 1. The highest BCUT2D eigenvalue weighted by atomic mass is 16.5. The highest BCUT2D eigenvalue weighted by molar-refractivity contribution is 5.82. The third-order valence-electron chi connectivity index (χ3n) is 5.97. The zero-order chi connectivity index (χ0) is 23.3. The van der Waals surface area contributed by atoms with Crippen LogP contribution in [0.5, 0.6) is 5.75 Å². The van der Waals surface area contributed by atoms with Gasteiger partial charge in [-0.3, -0.25) is 9.48 Å². The number of carbonyl (C=O) groups excluding carboxylic acids is 1. The molecule has 33 heavy (non-hydrogen) atoms. The largest absolute Gasteiger partial charge is 0.491 e. The van der Waals surface area contributed by atoms with Gasteiger partial charge < -0.3 is 15.0 Å². The lowest BCUT2D eigenvalue weighted by Gasteiger charge is -2.20. The van der Waals surface area contributed by atoms with E-state index >= 15 is 0 Å². The van der Waals surface area contributed by atoms with Crippen LogP contribution in [0.25, 0.3) is 34.0 Å². The first kappa shape index (κ1) is 20.9. The molecule has 0 saturated carbocycles. The number of primary amides is 1. The summed E-state index contributed by atoms with van der Waals surface area (Å²) in [4.78, 5) is 21.1. The molecule has 2 N–H and O–H groups in total. The van der Waals surface area contributed by atoms with Gasteiger partial charge in [0.1, 0.15) is 35.7 Å². The molecule has 1 aliphatic heterocycles. The Morgan fingerprint density at radius 3 is 2.73 bits per heavy atom. The second-order valence-electron chi connectivity index (χ2n) is 8.92. The van der Waals surface area contributed by atoms with Crippen molar-refractivity contribution in [3.8, 4) is 39.8 Å². The molecule has 4 heterocycles. The molecule has 5 rings (SSSR count). The van der Waals surface area contributed by atoms with E-state index in [0.717, 1.165) is 39.8 Å². The molecule has 0 atom stereocenters. The van der Waals surface area contributed by atoms with E-state index in [1.165, 1.54) is 0 Å². The van der Waals surface area contributed by atoms with Crippen molar-refractivity contribution >= 4 is 5.91 Å². The highest BCUT2D eigenvalue weighted by Crippen LogP contribution is 2.37. The second kappa shape index (κ2) is 7.58. The molecule has 0 bridgehead atoms. The van der Waals surface area contributed by atoms with E-state index in [0.29, 0.717) is 13.2 Å². The summed E-state index contributed by atoms with van der Waals surface area (Å²) in [6.45, 7) is 8.80. The van der Waals surface area contributed by atoms with Crippen LogP contribution in [-0.4, -0.2) is 46.6 Å². The third-order valence-corrected chi connectivity index (χ3v) is 5.97. The van der Waals surface area contributed by atoms with Crippen LogP contribution in [0, 0.1) is 0 Å². The topological polar surface area (TPSA) is 119 Å². The zero-order valence-electron chi connectivity index (χ0n) is 19.1. The van der Waals surface area contributed by atoms with Gasteiger partial charge in [-0.1, -0.05) is 6.07 Å². The van der Waals surface area contributed by atoms with E-state index in [2.05, 4.69) is 33.6 Å². The second-order valence-corrected chi connectivity index (χ2v) is 8.92. The predicted octanol–water partition coefficient (Wildman–Crippen LogP) is 2.87. The summed E-state index contributed by atoms with van der Waals surface area (Å²) in [7, 11) is 0. The molecule has 10 nitrogen and oxygen atoms in total. The zero-order valence-corrected chi connectivity index (χ0v) is 19.1. The molecule has 3 aromatic heterocycles. The van der Waals surface area contributed by atoms with Crippen LogP contribution in [0.3, 0.4) is 0 Å². The van der Waals surface area contributed by atoms with E-state index in [-0.39, 0.29) is 6.04 Å². The fourth-order valence-corrected chi connectivity index (χ4v) is 3.87. The van der Waals surface area contributed by atoms with Crippen LogP contribution >= 0.6 is 0 Å². The van der Waals surface area contributed by atoms with Crippen LogP contribution < -0.4 is 10.5 Å². The Balaban J connectivity index is 1.53. The monoisotopic (exact) mass is 446 g/mol. The van der Waals surface area contributed by atoms with Gasteiger partial charge in [-0.15, -0.1) is 0 Å². The molecule has 1 amide bonds. The fraction of sp³-hybridized carbons (Fsp3) is 0.348. The Morgan fingerprint density at radius 1 is 1.15 bits per heavy atom. The maximum Gasteiger partial charge on any atom is 0.244 e. The summed E-state index contributed by atoms with van der Waals surface area (Å²) in [5.74, 6) is 1.87. The quantitative estimate of drug-likeness (QED) is 0.504. The minimum absolute atomic E-state index is 0.183. The molecule has 1 aliphatic rings. The van der Waals surface area contributed by atoms with Crippen molar-refractivity contribution < 1.29 is 9.53 Å². The molecule has 0 radical (unpaired) electrons. The van der Waals surface area contributed by atoms with Gasteiger partial charge in [0.05, 0.1) is 18.3 Å². The molecule has 0 saturated heterocycles. The van der Waals surface area contributed by atoms with Gasteiger partial charge in [-0.05, 0) is 45.4 Å². The number of amides is 1. The SMILES string of the molecule is CC(C)n1ncnc1-c1cn2c(n1)-c1ccc(-c3cnn(C(C)(C)C(N)=O)c3)cc1OCC2. The first-order valence-corrected chi connectivity index (χ1v) is 10.9. The minimum atomic E-state index is -0.919. The van der Waals surface area contributed by atoms with Gasteiger partial charge in [0, 0.05) is 24.0 Å². The number of nitrogens with zero attached hydrogens (tertiary/aromatic N) is 7. The molecule has 10 heteroatoms. The van der Waals surface area contributed by atoms with Crippen molar-refractivity contribution in [3.05, 3.63) is 43.1 Å². The Kier molecular flexibility index (Phi) is 4.80. The first-order chi connectivity index (χ1) is 15.8. The fourth-order valence-electron chi connectivity index (χ4n) is 3.87. The van der Waals surface area contributed by atoms with E-state index in [9.17, 15) is 4.79 Å². The molecule has 1 aromatic carbocycles. The van der Waals surface area contributed by atoms with Gasteiger partial charge in [0.15, 0.2) is 5.82 Å². The summed E-state index contributed by atoms with van der Waals surface area (Å²) in [5, 5.41) is 8.68. The standard InChI is InChI=1S/C23H26N8O2/c1-14(2)31-21(25-13-27-31)18-12-29-7-8-33-19-9-15(5-6-17(19)20(29)28-18)16-10-26-30(11-16)23(3,4)22(24)32/h5-6,9-14H,7-8H2,1-4H3,(H2,24,32). The van der Waals surface area contributed by atoms with Crippen molar-refractivity contribution in [1.82, 2.24) is 34.1 Å². The molecule has 0 fully saturated rings. The Hall–Kier alpha value is -3.95. The van der Waals surface area contributed by atoms with Crippen LogP contribution in [0.1, 0.15) is 33.7 Å². The van der Waals surface area contributed by atoms with Gasteiger partial charge >= 0.3 is 0 Å². The van der Waals surface area contributed by atoms with Crippen LogP contribution in [0.4, 0.5) is 0 Å². The normalized spacial score (nSPS) is 13.4. The molecular weight excluding hydrogens is 420 g/mol. The van der Waals surface area contributed by atoms with Crippen LogP contribution in [0.2, 0.25) is 0 Å². The Labute approximate surface area is 191 Å². The van der Waals surface area contributed by atoms with Gasteiger partial charge in [0.2, 0.25) is 5.91 Å². The van der Waals surface area contributed by atoms with Gasteiger partial charge in [0.25, 0.3) is 0 Å². The van der Waals surface area contributed by atoms with E-state index in [4.69, 9.17) is 15.5 Å². The first-order valence-electron chi connectivity index (χ1n) is 10.9. The number of rotatable bonds is 5. The van der Waals surface area contributed by atoms with E-state index in [1.54, 1.807) is 31.1 Å². The lowest BCUT2D eigenvalue weighted by atomic mass is 10.0. The predicted molar refractivity (Wildman–Crippen MR) is 122 cm³/mol. The van der Waals surface area contributed by atoms with E-state index < -0.39 is 11.4 Å². The summed E-state index contributed by atoms with van der Waals surface area (Å²) in [5.41, 5.74) is 8.10. The third kappa shape index (κ3) is 3.47. The van der Waals surface area contributed by atoms with Crippen molar-refractivity contribution in [3.63, 3.8) is 0 Å². The Bertz CT molecular complexity index is 1340. The summed E-state index contributed by atoms with van der Waals surface area (Å²) < 4.78 is 11.6. The number of fused-ring (bicyclic) bond motifs is 3. The molecular formula is C23H26N8O2. The number of benzene rings is 1. The van der Waals surface area contributed by atoms with Gasteiger partial charge in [-0.2, -0.15) is 10.2 Å². The molecule has 0 spiro atoms. The molecule has 0 unspecified atom stereocenters. The van der Waals surface area contributed by atoms with Crippen molar-refractivity contribution in [2.24, 2.45) is 5.73 Å². The van der Waals surface area contributed by atoms with Crippen LogP contribution in [-0.2, 0) is 16.9 Å². The van der Waals surface area contributed by atoms with Crippen LogP contribution in [0.15, 0.2) is 43.1 Å². The molecule has 4 aromatic rings. The summed E-state index contributed by atoms with van der Waals surface area (Å²) in [6.07, 6.45) is 7.10. The highest BCUT2D eigenvalue weighted by Gasteiger charge is 2.28. The van der Waals surface area contributed by atoms with Gasteiger partial charge in [-0.25, -0.2) is 14.6 Å². The van der Waals surface area contributed by atoms with Crippen molar-refractivity contribution in [2.45, 2.75) is 45.8 Å². The maximum absolute atomic E-state index is 11.8. The lowest BCUT2D eigenvalue weighted by Crippen LogP contribution is -2.41. The number of nitrogens with two attached hydrogens (primary N) is 1. The average molecular weight is 447 g/mol. The average Bonchev–Trinajstić information content (AvgIpc) is 3.51. The molecule has 0 aliphatic carbocycles.